The predicted molar refractivity (Wildman–Crippen MR) is 57.8 cm³/mol. The molecule has 0 saturated heterocycles. The molecule has 1 atom stereocenters. The van der Waals surface area contributed by atoms with E-state index < -0.39 is 0 Å². The summed E-state index contributed by atoms with van der Waals surface area (Å²) in [6.45, 7) is 6.18. The second kappa shape index (κ2) is 7.34. The van der Waals surface area contributed by atoms with E-state index in [1.165, 1.54) is 25.7 Å². The van der Waals surface area contributed by atoms with Gasteiger partial charge in [0.1, 0.15) is 0 Å². The molecule has 0 spiro atoms. The van der Waals surface area contributed by atoms with Crippen LogP contribution in [0.1, 0.15) is 46.0 Å². The molecule has 2 N–H and O–H groups in total. The Morgan fingerprint density at radius 3 is 2.31 bits per heavy atom. The van der Waals surface area contributed by atoms with E-state index >= 15 is 0 Å². The molecular formula is C11H25NO. The maximum atomic E-state index is 5.54. The van der Waals surface area contributed by atoms with Gasteiger partial charge in [-0.05, 0) is 37.6 Å². The van der Waals surface area contributed by atoms with Crippen molar-refractivity contribution >= 4 is 0 Å². The lowest BCUT2D eigenvalue weighted by atomic mass is 9.77. The molecule has 0 aromatic carbocycles. The first-order valence-electron chi connectivity index (χ1n) is 5.43. The molecule has 0 heterocycles. The largest absolute Gasteiger partial charge is 0.384 e. The molecule has 0 bridgehead atoms. The Bertz CT molecular complexity index is 109. The zero-order valence-electron chi connectivity index (χ0n) is 9.44. The summed E-state index contributed by atoms with van der Waals surface area (Å²) in [7, 11) is 1.79. The first-order valence-corrected chi connectivity index (χ1v) is 5.43. The highest BCUT2D eigenvalue weighted by atomic mass is 16.5. The van der Waals surface area contributed by atoms with Crippen molar-refractivity contribution in [1.29, 1.82) is 0 Å². The van der Waals surface area contributed by atoms with Gasteiger partial charge in [-0.1, -0.05) is 20.3 Å². The van der Waals surface area contributed by atoms with Crippen LogP contribution in [0.4, 0.5) is 0 Å². The van der Waals surface area contributed by atoms with E-state index in [2.05, 4.69) is 13.8 Å². The molecule has 80 valence electrons. The SMILES string of the molecule is CCCC(CC)(CCCN)COC. The average molecular weight is 187 g/mol. The van der Waals surface area contributed by atoms with Crippen LogP contribution in [0.25, 0.3) is 0 Å². The van der Waals surface area contributed by atoms with Crippen molar-refractivity contribution in [1.82, 2.24) is 0 Å². The van der Waals surface area contributed by atoms with Crippen molar-refractivity contribution < 1.29 is 4.74 Å². The summed E-state index contributed by atoms with van der Waals surface area (Å²) in [5, 5.41) is 0. The van der Waals surface area contributed by atoms with Crippen LogP contribution in [0.2, 0.25) is 0 Å². The number of hydrogen-bond acceptors (Lipinski definition) is 2. The van der Waals surface area contributed by atoms with Gasteiger partial charge in [-0.2, -0.15) is 0 Å². The predicted octanol–water partition coefficient (Wildman–Crippen LogP) is 2.57. The van der Waals surface area contributed by atoms with E-state index in [4.69, 9.17) is 10.5 Å². The number of hydrogen-bond donors (Lipinski definition) is 1. The molecule has 13 heavy (non-hydrogen) atoms. The molecule has 1 unspecified atom stereocenters. The second-order valence-corrected chi connectivity index (χ2v) is 3.93. The zero-order valence-corrected chi connectivity index (χ0v) is 9.44. The van der Waals surface area contributed by atoms with Gasteiger partial charge >= 0.3 is 0 Å². The average Bonchev–Trinajstić information content (AvgIpc) is 2.15. The van der Waals surface area contributed by atoms with Crippen LogP contribution in [0.3, 0.4) is 0 Å². The van der Waals surface area contributed by atoms with Crippen LogP contribution >= 0.6 is 0 Å². The van der Waals surface area contributed by atoms with Crippen LogP contribution in [0.5, 0.6) is 0 Å². The van der Waals surface area contributed by atoms with Gasteiger partial charge in [0.15, 0.2) is 0 Å². The van der Waals surface area contributed by atoms with Crippen LogP contribution < -0.4 is 5.73 Å². The van der Waals surface area contributed by atoms with Crippen LogP contribution in [0, 0.1) is 5.41 Å². The molecule has 0 aliphatic rings. The highest BCUT2D eigenvalue weighted by molar-refractivity contribution is 4.77. The molecule has 0 aliphatic carbocycles. The third kappa shape index (κ3) is 4.63. The summed E-state index contributed by atoms with van der Waals surface area (Å²) in [6.07, 6.45) is 6.03. The molecule has 0 rings (SSSR count). The van der Waals surface area contributed by atoms with E-state index in [0.717, 1.165) is 19.6 Å². The fourth-order valence-corrected chi connectivity index (χ4v) is 2.04. The molecular weight excluding hydrogens is 162 g/mol. The number of rotatable bonds is 8. The van der Waals surface area contributed by atoms with Gasteiger partial charge in [0, 0.05) is 7.11 Å². The zero-order chi connectivity index (χ0) is 10.2. The molecule has 0 aliphatic heterocycles. The first-order chi connectivity index (χ1) is 6.24. The van der Waals surface area contributed by atoms with Crippen molar-refractivity contribution in [2.75, 3.05) is 20.3 Å². The molecule has 0 fully saturated rings. The molecule has 0 saturated carbocycles. The Balaban J connectivity index is 4.07. The minimum absolute atomic E-state index is 0.392. The van der Waals surface area contributed by atoms with Gasteiger partial charge in [0.25, 0.3) is 0 Å². The standard InChI is InChI=1S/C11H25NO/c1-4-7-11(5-2,10-13-3)8-6-9-12/h4-10,12H2,1-3H3. The summed E-state index contributed by atoms with van der Waals surface area (Å²) in [5.74, 6) is 0. The summed E-state index contributed by atoms with van der Waals surface area (Å²) in [5.41, 5.74) is 5.93. The van der Waals surface area contributed by atoms with Gasteiger partial charge in [-0.25, -0.2) is 0 Å². The van der Waals surface area contributed by atoms with Crippen molar-refractivity contribution in [3.05, 3.63) is 0 Å². The highest BCUT2D eigenvalue weighted by Gasteiger charge is 2.26. The minimum atomic E-state index is 0.392. The molecule has 0 aromatic heterocycles. The molecule has 2 nitrogen and oxygen atoms in total. The lowest BCUT2D eigenvalue weighted by Crippen LogP contribution is -2.26. The van der Waals surface area contributed by atoms with Gasteiger partial charge in [0.05, 0.1) is 6.61 Å². The minimum Gasteiger partial charge on any atom is -0.384 e. The van der Waals surface area contributed by atoms with E-state index in [0.29, 0.717) is 5.41 Å². The summed E-state index contributed by atoms with van der Waals surface area (Å²) >= 11 is 0. The Morgan fingerprint density at radius 1 is 1.23 bits per heavy atom. The van der Waals surface area contributed by atoms with Gasteiger partial charge < -0.3 is 10.5 Å². The smallest absolute Gasteiger partial charge is 0.0518 e. The fourth-order valence-electron chi connectivity index (χ4n) is 2.04. The monoisotopic (exact) mass is 187 g/mol. The van der Waals surface area contributed by atoms with Crippen LogP contribution in [0.15, 0.2) is 0 Å². The molecule has 0 radical (unpaired) electrons. The van der Waals surface area contributed by atoms with E-state index in [1.54, 1.807) is 7.11 Å². The van der Waals surface area contributed by atoms with E-state index in [1.807, 2.05) is 0 Å². The number of methoxy groups -OCH3 is 1. The summed E-state index contributed by atoms with van der Waals surface area (Å²) in [4.78, 5) is 0. The number of nitrogens with two attached hydrogens (primary N) is 1. The Kier molecular flexibility index (Phi) is 7.29. The first kappa shape index (κ1) is 12.9. The lowest BCUT2D eigenvalue weighted by molar-refractivity contribution is 0.0597. The second-order valence-electron chi connectivity index (χ2n) is 3.93. The quantitative estimate of drug-likeness (QED) is 0.634. The maximum absolute atomic E-state index is 5.54. The van der Waals surface area contributed by atoms with Crippen molar-refractivity contribution in [3.8, 4) is 0 Å². The number of ether oxygens (including phenoxy) is 1. The van der Waals surface area contributed by atoms with Gasteiger partial charge in [-0.15, -0.1) is 0 Å². The highest BCUT2D eigenvalue weighted by Crippen LogP contribution is 2.33. The van der Waals surface area contributed by atoms with Crippen molar-refractivity contribution in [2.24, 2.45) is 11.1 Å². The topological polar surface area (TPSA) is 35.2 Å². The summed E-state index contributed by atoms with van der Waals surface area (Å²) in [6, 6.07) is 0. The normalized spacial score (nSPS) is 15.7. The van der Waals surface area contributed by atoms with E-state index in [9.17, 15) is 0 Å². The van der Waals surface area contributed by atoms with Crippen LogP contribution in [-0.2, 0) is 4.74 Å². The maximum Gasteiger partial charge on any atom is 0.0518 e. The Morgan fingerprint density at radius 2 is 1.92 bits per heavy atom. The van der Waals surface area contributed by atoms with E-state index in [-0.39, 0.29) is 0 Å². The third-order valence-electron chi connectivity index (χ3n) is 2.89. The molecule has 2 heteroatoms. The third-order valence-corrected chi connectivity index (χ3v) is 2.89. The summed E-state index contributed by atoms with van der Waals surface area (Å²) < 4.78 is 5.31. The molecule has 0 amide bonds. The van der Waals surface area contributed by atoms with Gasteiger partial charge in [0.2, 0.25) is 0 Å². The molecule has 0 aromatic rings. The Labute approximate surface area is 82.8 Å². The lowest BCUT2D eigenvalue weighted by Gasteiger charge is -2.31. The van der Waals surface area contributed by atoms with Crippen molar-refractivity contribution in [3.63, 3.8) is 0 Å². The Hall–Kier alpha value is -0.0800. The van der Waals surface area contributed by atoms with Gasteiger partial charge in [-0.3, -0.25) is 0 Å². The fraction of sp³-hybridized carbons (Fsp3) is 1.00. The van der Waals surface area contributed by atoms with Crippen LogP contribution in [-0.4, -0.2) is 20.3 Å². The van der Waals surface area contributed by atoms with Crippen molar-refractivity contribution in [2.45, 2.75) is 46.0 Å².